The molecule has 0 aromatic heterocycles. The van der Waals surface area contributed by atoms with Crippen LogP contribution in [0.3, 0.4) is 0 Å². The van der Waals surface area contributed by atoms with Crippen molar-refractivity contribution >= 4 is 40.0 Å². The number of methoxy groups -OCH3 is 2. The number of hydrogen-bond donors (Lipinski definition) is 2. The Balaban J connectivity index is 0.00000480. The number of sulfonamides is 1. The summed E-state index contributed by atoms with van der Waals surface area (Å²) < 4.78 is 37.4. The van der Waals surface area contributed by atoms with Crippen molar-refractivity contribution in [2.24, 2.45) is 4.99 Å². The van der Waals surface area contributed by atoms with Crippen molar-refractivity contribution in [1.29, 1.82) is 0 Å². The highest BCUT2D eigenvalue weighted by atomic mass is 127. The Hall–Kier alpha value is -1.89. The van der Waals surface area contributed by atoms with Crippen molar-refractivity contribution in [2.45, 2.75) is 18.0 Å². The van der Waals surface area contributed by atoms with Gasteiger partial charge in [0.25, 0.3) is 0 Å². The van der Waals surface area contributed by atoms with E-state index in [1.165, 1.54) is 7.11 Å². The van der Waals surface area contributed by atoms with E-state index < -0.39 is 10.0 Å². The average Bonchev–Trinajstić information content (AvgIpc) is 2.75. The molecule has 0 saturated carbocycles. The molecular formula is C21H31IN4O4S. The van der Waals surface area contributed by atoms with Crippen molar-refractivity contribution in [3.63, 3.8) is 0 Å². The van der Waals surface area contributed by atoms with Gasteiger partial charge >= 0.3 is 0 Å². The summed E-state index contributed by atoms with van der Waals surface area (Å²) in [5.74, 6) is 1.52. The Kier molecular flexibility index (Phi) is 11.8. The zero-order valence-corrected chi connectivity index (χ0v) is 21.4. The van der Waals surface area contributed by atoms with Crippen LogP contribution in [-0.4, -0.2) is 60.7 Å². The highest BCUT2D eigenvalue weighted by Gasteiger charge is 2.14. The van der Waals surface area contributed by atoms with Crippen LogP contribution in [-0.2, 0) is 27.8 Å². The molecule has 0 heterocycles. The first-order chi connectivity index (χ1) is 14.4. The Bertz CT molecular complexity index is 937. The third-order valence-electron chi connectivity index (χ3n) is 4.41. The van der Waals surface area contributed by atoms with E-state index in [9.17, 15) is 8.42 Å². The summed E-state index contributed by atoms with van der Waals surface area (Å²) in [7, 11) is 3.26. The lowest BCUT2D eigenvalue weighted by molar-refractivity contribution is 0.204. The molecule has 0 radical (unpaired) electrons. The summed E-state index contributed by atoms with van der Waals surface area (Å²) in [4.78, 5) is 6.53. The molecule has 0 aliphatic heterocycles. The van der Waals surface area contributed by atoms with Gasteiger partial charge in [0.15, 0.2) is 5.96 Å². The Morgan fingerprint density at radius 3 is 2.42 bits per heavy atom. The second-order valence-electron chi connectivity index (χ2n) is 6.64. The van der Waals surface area contributed by atoms with E-state index in [1.54, 1.807) is 32.4 Å². The summed E-state index contributed by atoms with van der Waals surface area (Å²) >= 11 is 0. The lowest BCUT2D eigenvalue weighted by Gasteiger charge is -2.22. The molecule has 0 unspecified atom stereocenters. The molecule has 0 bridgehead atoms. The van der Waals surface area contributed by atoms with Crippen molar-refractivity contribution in [1.82, 2.24) is 14.9 Å². The zero-order chi connectivity index (χ0) is 22.0. The van der Waals surface area contributed by atoms with Crippen molar-refractivity contribution in [3.05, 3.63) is 59.7 Å². The van der Waals surface area contributed by atoms with Crippen LogP contribution in [0.1, 0.15) is 11.1 Å². The first kappa shape index (κ1) is 27.1. The van der Waals surface area contributed by atoms with Crippen LogP contribution in [0.25, 0.3) is 0 Å². The van der Waals surface area contributed by atoms with Gasteiger partial charge < -0.3 is 19.7 Å². The SMILES string of the molecule is CN=C(NCc1cccc(S(=O)(=O)NCCOC)c1)N(C)Cc1ccc(OC)cc1.I. The predicted octanol–water partition coefficient (Wildman–Crippen LogP) is 2.45. The lowest BCUT2D eigenvalue weighted by atomic mass is 10.2. The van der Waals surface area contributed by atoms with Gasteiger partial charge in [-0.1, -0.05) is 24.3 Å². The van der Waals surface area contributed by atoms with Gasteiger partial charge in [0, 0.05) is 40.8 Å². The van der Waals surface area contributed by atoms with Crippen LogP contribution >= 0.6 is 24.0 Å². The summed E-state index contributed by atoms with van der Waals surface area (Å²) in [6, 6.07) is 14.7. The van der Waals surface area contributed by atoms with E-state index in [-0.39, 0.29) is 35.4 Å². The van der Waals surface area contributed by atoms with E-state index in [0.717, 1.165) is 16.9 Å². The molecule has 8 nitrogen and oxygen atoms in total. The van der Waals surface area contributed by atoms with Crippen LogP contribution < -0.4 is 14.8 Å². The molecule has 2 rings (SSSR count). The minimum atomic E-state index is -3.57. The van der Waals surface area contributed by atoms with Crippen LogP contribution in [0.2, 0.25) is 0 Å². The zero-order valence-electron chi connectivity index (χ0n) is 18.3. The van der Waals surface area contributed by atoms with Gasteiger partial charge in [0.05, 0.1) is 18.6 Å². The van der Waals surface area contributed by atoms with Gasteiger partial charge in [-0.3, -0.25) is 4.99 Å². The normalized spacial score (nSPS) is 11.5. The van der Waals surface area contributed by atoms with E-state index in [0.29, 0.717) is 25.7 Å². The highest BCUT2D eigenvalue weighted by molar-refractivity contribution is 14.0. The molecule has 0 amide bonds. The Labute approximate surface area is 202 Å². The highest BCUT2D eigenvalue weighted by Crippen LogP contribution is 2.13. The number of aliphatic imine (C=N–C) groups is 1. The van der Waals surface area contributed by atoms with Gasteiger partial charge in [-0.15, -0.1) is 24.0 Å². The van der Waals surface area contributed by atoms with E-state index in [2.05, 4.69) is 15.0 Å². The maximum Gasteiger partial charge on any atom is 0.240 e. The summed E-state index contributed by atoms with van der Waals surface area (Å²) in [6.45, 7) is 1.66. The van der Waals surface area contributed by atoms with Crippen LogP contribution in [0.5, 0.6) is 5.75 Å². The standard InChI is InChI=1S/C21H30N4O4S.HI/c1-22-21(25(2)16-17-8-10-19(29-4)11-9-17)23-15-18-6-5-7-20(14-18)30(26,27)24-12-13-28-3;/h5-11,14,24H,12-13,15-16H2,1-4H3,(H,22,23);1H. The average molecular weight is 562 g/mol. The van der Waals surface area contributed by atoms with Gasteiger partial charge in [0.2, 0.25) is 10.0 Å². The largest absolute Gasteiger partial charge is 0.497 e. The molecule has 31 heavy (non-hydrogen) atoms. The van der Waals surface area contributed by atoms with Gasteiger partial charge in [-0.2, -0.15) is 0 Å². The number of rotatable bonds is 10. The fraction of sp³-hybridized carbons (Fsp3) is 0.381. The quantitative estimate of drug-likeness (QED) is 0.200. The smallest absolute Gasteiger partial charge is 0.240 e. The lowest BCUT2D eigenvalue weighted by Crippen LogP contribution is -2.38. The molecule has 2 aromatic rings. The second kappa shape index (κ2) is 13.5. The molecular weight excluding hydrogens is 531 g/mol. The molecule has 0 spiro atoms. The molecule has 0 aliphatic carbocycles. The third-order valence-corrected chi connectivity index (χ3v) is 5.87. The fourth-order valence-electron chi connectivity index (χ4n) is 2.83. The van der Waals surface area contributed by atoms with E-state index in [1.807, 2.05) is 42.3 Å². The molecule has 10 heteroatoms. The number of benzene rings is 2. The Morgan fingerprint density at radius 2 is 1.81 bits per heavy atom. The molecule has 2 N–H and O–H groups in total. The number of hydrogen-bond acceptors (Lipinski definition) is 5. The topological polar surface area (TPSA) is 92.3 Å². The molecule has 0 fully saturated rings. The number of ether oxygens (including phenoxy) is 2. The van der Waals surface area contributed by atoms with Crippen molar-refractivity contribution in [2.75, 3.05) is 41.5 Å². The monoisotopic (exact) mass is 562 g/mol. The number of nitrogens with one attached hydrogen (secondary N) is 2. The predicted molar refractivity (Wildman–Crippen MR) is 134 cm³/mol. The minimum absolute atomic E-state index is 0. The van der Waals surface area contributed by atoms with Gasteiger partial charge in [0.1, 0.15) is 5.75 Å². The first-order valence-corrected chi connectivity index (χ1v) is 11.0. The molecule has 0 atom stereocenters. The summed E-state index contributed by atoms with van der Waals surface area (Å²) in [6.07, 6.45) is 0. The molecule has 172 valence electrons. The van der Waals surface area contributed by atoms with Crippen LogP contribution in [0.15, 0.2) is 58.4 Å². The number of halogens is 1. The van der Waals surface area contributed by atoms with Gasteiger partial charge in [-0.05, 0) is 35.4 Å². The third kappa shape index (κ3) is 8.63. The van der Waals surface area contributed by atoms with Crippen molar-refractivity contribution in [3.8, 4) is 5.75 Å². The molecule has 0 saturated heterocycles. The molecule has 2 aromatic carbocycles. The van der Waals surface area contributed by atoms with E-state index in [4.69, 9.17) is 9.47 Å². The van der Waals surface area contributed by atoms with Crippen LogP contribution in [0.4, 0.5) is 0 Å². The fourth-order valence-corrected chi connectivity index (χ4v) is 3.91. The van der Waals surface area contributed by atoms with Crippen molar-refractivity contribution < 1.29 is 17.9 Å². The summed E-state index contributed by atoms with van der Waals surface area (Å²) in [5.41, 5.74) is 1.96. The van der Waals surface area contributed by atoms with E-state index >= 15 is 0 Å². The molecule has 0 aliphatic rings. The maximum absolute atomic E-state index is 12.4. The van der Waals surface area contributed by atoms with Crippen LogP contribution in [0, 0.1) is 0 Å². The minimum Gasteiger partial charge on any atom is -0.497 e. The maximum atomic E-state index is 12.4. The number of guanidine groups is 1. The first-order valence-electron chi connectivity index (χ1n) is 9.52. The Morgan fingerprint density at radius 1 is 1.10 bits per heavy atom. The second-order valence-corrected chi connectivity index (χ2v) is 8.41. The summed E-state index contributed by atoms with van der Waals surface area (Å²) in [5, 5.41) is 3.28. The number of nitrogens with zero attached hydrogens (tertiary/aromatic N) is 2. The van der Waals surface area contributed by atoms with Gasteiger partial charge in [-0.25, -0.2) is 13.1 Å².